The molecule has 2 aromatic rings. The number of aromatic nitrogens is 1. The van der Waals surface area contributed by atoms with E-state index in [4.69, 9.17) is 16.7 Å². The van der Waals surface area contributed by atoms with Gasteiger partial charge in [0.25, 0.3) is 5.91 Å². The Morgan fingerprint density at radius 1 is 1.25 bits per heavy atom. The zero-order chi connectivity index (χ0) is 14.7. The summed E-state index contributed by atoms with van der Waals surface area (Å²) in [4.78, 5) is 26.3. The molecule has 0 bridgehead atoms. The number of hydrogen-bond acceptors (Lipinski definition) is 3. The van der Waals surface area contributed by atoms with Crippen molar-refractivity contribution in [3.05, 3.63) is 58.6 Å². The van der Waals surface area contributed by atoms with Crippen LogP contribution in [0, 0.1) is 5.95 Å². The number of halogens is 2. The molecule has 0 aliphatic carbocycles. The minimum atomic E-state index is -1.22. The fourth-order valence-corrected chi connectivity index (χ4v) is 1.68. The Hall–Kier alpha value is -2.47. The molecule has 1 amide bonds. The summed E-state index contributed by atoms with van der Waals surface area (Å²) >= 11 is 5.70. The second-order valence-electron chi connectivity index (χ2n) is 3.82. The first-order valence-electron chi connectivity index (χ1n) is 5.43. The summed E-state index contributed by atoms with van der Waals surface area (Å²) in [5.74, 6) is -2.53. The zero-order valence-corrected chi connectivity index (χ0v) is 10.7. The molecule has 1 aromatic heterocycles. The third kappa shape index (κ3) is 3.10. The number of carboxylic acids is 1. The van der Waals surface area contributed by atoms with Crippen molar-refractivity contribution in [3.8, 4) is 0 Å². The second kappa shape index (κ2) is 5.66. The van der Waals surface area contributed by atoms with E-state index in [1.807, 2.05) is 0 Å². The van der Waals surface area contributed by atoms with E-state index in [9.17, 15) is 14.0 Å². The van der Waals surface area contributed by atoms with Gasteiger partial charge in [-0.1, -0.05) is 11.6 Å². The number of benzene rings is 1. The molecule has 2 N–H and O–H groups in total. The normalized spacial score (nSPS) is 10.1. The maximum Gasteiger partial charge on any atom is 0.337 e. The van der Waals surface area contributed by atoms with E-state index in [1.54, 1.807) is 0 Å². The van der Waals surface area contributed by atoms with Gasteiger partial charge in [0.15, 0.2) is 0 Å². The Kier molecular flexibility index (Phi) is 3.95. The molecule has 0 fully saturated rings. The van der Waals surface area contributed by atoms with Crippen LogP contribution in [0.2, 0.25) is 5.02 Å². The van der Waals surface area contributed by atoms with E-state index in [0.29, 0.717) is 0 Å². The Morgan fingerprint density at radius 2 is 2.00 bits per heavy atom. The van der Waals surface area contributed by atoms with E-state index in [-0.39, 0.29) is 21.8 Å². The summed E-state index contributed by atoms with van der Waals surface area (Å²) in [5, 5.41) is 11.7. The number of aromatic carboxylic acids is 1. The molecule has 102 valence electrons. The van der Waals surface area contributed by atoms with Crippen molar-refractivity contribution in [1.82, 2.24) is 4.98 Å². The van der Waals surface area contributed by atoms with E-state index < -0.39 is 17.8 Å². The molecule has 0 unspecified atom stereocenters. The van der Waals surface area contributed by atoms with Gasteiger partial charge < -0.3 is 10.4 Å². The number of carbonyl (C=O) groups excluding carboxylic acids is 1. The van der Waals surface area contributed by atoms with Crippen molar-refractivity contribution < 1.29 is 19.1 Å². The van der Waals surface area contributed by atoms with Crippen molar-refractivity contribution in [2.45, 2.75) is 0 Å². The Bertz CT molecular complexity index is 674. The highest BCUT2D eigenvalue weighted by Gasteiger charge is 2.14. The van der Waals surface area contributed by atoms with Gasteiger partial charge in [0, 0.05) is 11.2 Å². The van der Waals surface area contributed by atoms with Crippen molar-refractivity contribution >= 4 is 29.2 Å². The molecule has 0 saturated carbocycles. The first-order valence-corrected chi connectivity index (χ1v) is 5.81. The predicted molar refractivity (Wildman–Crippen MR) is 70.6 cm³/mol. The van der Waals surface area contributed by atoms with E-state index in [0.717, 1.165) is 12.3 Å². The van der Waals surface area contributed by atoms with Crippen LogP contribution in [0.5, 0.6) is 0 Å². The average molecular weight is 295 g/mol. The van der Waals surface area contributed by atoms with Gasteiger partial charge in [0.1, 0.15) is 0 Å². The lowest BCUT2D eigenvalue weighted by atomic mass is 10.1. The minimum absolute atomic E-state index is 0.0937. The molecule has 0 atom stereocenters. The maximum atomic E-state index is 12.7. The summed E-state index contributed by atoms with van der Waals surface area (Å²) in [6, 6.07) is 6.33. The third-order valence-electron chi connectivity index (χ3n) is 2.45. The summed E-state index contributed by atoms with van der Waals surface area (Å²) < 4.78 is 12.7. The molecule has 0 radical (unpaired) electrons. The van der Waals surface area contributed by atoms with E-state index >= 15 is 0 Å². The Labute approximate surface area is 118 Å². The van der Waals surface area contributed by atoms with E-state index in [2.05, 4.69) is 10.3 Å². The van der Waals surface area contributed by atoms with Crippen LogP contribution in [0.3, 0.4) is 0 Å². The summed E-state index contributed by atoms with van der Waals surface area (Å²) in [7, 11) is 0. The Balaban J connectivity index is 2.28. The first-order chi connectivity index (χ1) is 9.47. The van der Waals surface area contributed by atoms with Gasteiger partial charge in [-0.2, -0.15) is 4.39 Å². The van der Waals surface area contributed by atoms with Gasteiger partial charge in [-0.3, -0.25) is 4.79 Å². The second-order valence-corrected chi connectivity index (χ2v) is 4.26. The fraction of sp³-hybridized carbons (Fsp3) is 0. The van der Waals surface area contributed by atoms with Gasteiger partial charge in [0.2, 0.25) is 5.95 Å². The van der Waals surface area contributed by atoms with Crippen LogP contribution in [-0.2, 0) is 0 Å². The fourth-order valence-electron chi connectivity index (χ4n) is 1.51. The molecule has 7 heteroatoms. The van der Waals surface area contributed by atoms with Crippen LogP contribution in [0.15, 0.2) is 36.5 Å². The van der Waals surface area contributed by atoms with Gasteiger partial charge in [-0.05, 0) is 30.3 Å². The van der Waals surface area contributed by atoms with Crippen LogP contribution in [0.4, 0.5) is 10.1 Å². The highest BCUT2D eigenvalue weighted by molar-refractivity contribution is 6.31. The maximum absolute atomic E-state index is 12.7. The van der Waals surface area contributed by atoms with Crippen LogP contribution in [0.1, 0.15) is 20.7 Å². The first kappa shape index (κ1) is 14.0. The highest BCUT2D eigenvalue weighted by atomic mass is 35.5. The number of nitrogens with one attached hydrogen (secondary N) is 1. The van der Waals surface area contributed by atoms with Crippen LogP contribution < -0.4 is 5.32 Å². The SMILES string of the molecule is O=C(Nc1ccc(Cl)cc1C(=O)O)c1ccc(F)nc1. The van der Waals surface area contributed by atoms with Gasteiger partial charge >= 0.3 is 5.97 Å². The number of hydrogen-bond donors (Lipinski definition) is 2. The standard InChI is InChI=1S/C13H8ClFN2O3/c14-8-2-3-10(9(5-8)13(19)20)17-12(18)7-1-4-11(15)16-6-7/h1-6H,(H,17,18)(H,19,20). The molecule has 5 nitrogen and oxygen atoms in total. The number of pyridine rings is 1. The lowest BCUT2D eigenvalue weighted by Crippen LogP contribution is -2.15. The third-order valence-corrected chi connectivity index (χ3v) is 2.68. The summed E-state index contributed by atoms with van der Waals surface area (Å²) in [5.41, 5.74) is 0.0647. The summed E-state index contributed by atoms with van der Waals surface area (Å²) in [6.45, 7) is 0. The van der Waals surface area contributed by atoms with Crippen LogP contribution >= 0.6 is 11.6 Å². The van der Waals surface area contributed by atoms with Crippen LogP contribution in [-0.4, -0.2) is 22.0 Å². The molecule has 20 heavy (non-hydrogen) atoms. The van der Waals surface area contributed by atoms with Gasteiger partial charge in [-0.25, -0.2) is 9.78 Å². The summed E-state index contributed by atoms with van der Waals surface area (Å²) in [6.07, 6.45) is 1.06. The van der Waals surface area contributed by atoms with E-state index in [1.165, 1.54) is 24.3 Å². The topological polar surface area (TPSA) is 79.3 Å². The zero-order valence-electron chi connectivity index (χ0n) is 9.93. The number of rotatable bonds is 3. The molecule has 0 saturated heterocycles. The molecular formula is C13H8ClFN2O3. The molecule has 1 aromatic carbocycles. The highest BCUT2D eigenvalue weighted by Crippen LogP contribution is 2.21. The Morgan fingerprint density at radius 3 is 2.60 bits per heavy atom. The van der Waals surface area contributed by atoms with Gasteiger partial charge in [-0.15, -0.1) is 0 Å². The molecular weight excluding hydrogens is 287 g/mol. The molecule has 0 aliphatic heterocycles. The van der Waals surface area contributed by atoms with Crippen molar-refractivity contribution in [3.63, 3.8) is 0 Å². The van der Waals surface area contributed by atoms with Crippen molar-refractivity contribution in [2.24, 2.45) is 0 Å². The number of carboxylic acid groups (broad SMARTS) is 1. The molecule has 0 aliphatic rings. The number of amides is 1. The largest absolute Gasteiger partial charge is 0.478 e. The van der Waals surface area contributed by atoms with Crippen molar-refractivity contribution in [1.29, 1.82) is 0 Å². The number of nitrogens with zero attached hydrogens (tertiary/aromatic N) is 1. The van der Waals surface area contributed by atoms with Crippen LogP contribution in [0.25, 0.3) is 0 Å². The predicted octanol–water partition coefficient (Wildman–Crippen LogP) is 2.82. The molecule has 0 spiro atoms. The number of anilines is 1. The number of carbonyl (C=O) groups is 2. The lowest BCUT2D eigenvalue weighted by molar-refractivity contribution is 0.0698. The van der Waals surface area contributed by atoms with Gasteiger partial charge in [0.05, 0.1) is 16.8 Å². The molecule has 2 rings (SSSR count). The average Bonchev–Trinajstić information content (AvgIpc) is 2.41. The minimum Gasteiger partial charge on any atom is -0.478 e. The van der Waals surface area contributed by atoms with Crippen molar-refractivity contribution in [2.75, 3.05) is 5.32 Å². The smallest absolute Gasteiger partial charge is 0.337 e. The quantitative estimate of drug-likeness (QED) is 0.853. The molecule has 1 heterocycles. The monoisotopic (exact) mass is 294 g/mol. The lowest BCUT2D eigenvalue weighted by Gasteiger charge is -2.08.